The molecule has 0 unspecified atom stereocenters. The first-order valence-corrected chi connectivity index (χ1v) is 12.5. The highest BCUT2D eigenvalue weighted by molar-refractivity contribution is 5.95. The number of carbonyl (C=O) groups excluding carboxylic acids is 2. The Morgan fingerprint density at radius 3 is 2.58 bits per heavy atom. The van der Waals surface area contributed by atoms with Crippen LogP contribution in [0.3, 0.4) is 0 Å². The average Bonchev–Trinajstić information content (AvgIpc) is 2.95. The number of amides is 2. The third-order valence-electron chi connectivity index (χ3n) is 5.65. The van der Waals surface area contributed by atoms with Crippen molar-refractivity contribution in [2.75, 3.05) is 34.0 Å². The highest BCUT2D eigenvalue weighted by Gasteiger charge is 2.32. The number of nitrogens with zero attached hydrogens (tertiary/aromatic N) is 1. The summed E-state index contributed by atoms with van der Waals surface area (Å²) in [5.41, 5.74) is 4.57. The van der Waals surface area contributed by atoms with Crippen LogP contribution in [0.5, 0.6) is 23.0 Å². The molecule has 2 amide bonds. The van der Waals surface area contributed by atoms with Gasteiger partial charge in [0.15, 0.2) is 29.2 Å². The molecule has 12 heteroatoms. The van der Waals surface area contributed by atoms with Crippen LogP contribution in [0.15, 0.2) is 65.4 Å². The second-order valence-corrected chi connectivity index (χ2v) is 8.42. The van der Waals surface area contributed by atoms with E-state index in [1.165, 1.54) is 20.4 Å². The number of hydrazone groups is 1. The van der Waals surface area contributed by atoms with E-state index in [1.807, 2.05) is 6.92 Å². The summed E-state index contributed by atoms with van der Waals surface area (Å²) < 4.78 is 27.3. The number of benzene rings is 2. The summed E-state index contributed by atoms with van der Waals surface area (Å²) >= 11 is 0. The van der Waals surface area contributed by atoms with Crippen molar-refractivity contribution in [3.05, 3.63) is 71.5 Å². The van der Waals surface area contributed by atoms with E-state index in [9.17, 15) is 14.7 Å². The highest BCUT2D eigenvalue weighted by Crippen LogP contribution is 2.35. The fraction of sp³-hybridized carbons (Fsp3) is 0.321. The summed E-state index contributed by atoms with van der Waals surface area (Å²) in [6.45, 7) is 7.60. The second-order valence-electron chi connectivity index (χ2n) is 8.42. The first-order valence-electron chi connectivity index (χ1n) is 12.5. The monoisotopic (exact) mass is 554 g/mol. The first kappa shape index (κ1) is 29.8. The smallest absolute Gasteiger partial charge is 0.337 e. The van der Waals surface area contributed by atoms with Crippen molar-refractivity contribution in [3.8, 4) is 23.0 Å². The van der Waals surface area contributed by atoms with Crippen molar-refractivity contribution >= 4 is 18.2 Å². The molecule has 3 rings (SSSR count). The molecule has 1 aliphatic heterocycles. The molecule has 2 aromatic carbocycles. The number of ether oxygens (including phenoxy) is 5. The lowest BCUT2D eigenvalue weighted by molar-refractivity contribution is -0.136. The molecule has 2 aromatic rings. The van der Waals surface area contributed by atoms with Gasteiger partial charge in [-0.2, -0.15) is 5.10 Å². The van der Waals surface area contributed by atoms with Crippen LogP contribution in [0.25, 0.3) is 0 Å². The van der Waals surface area contributed by atoms with Gasteiger partial charge < -0.3 is 39.4 Å². The van der Waals surface area contributed by atoms with Crippen molar-refractivity contribution in [2.45, 2.75) is 26.1 Å². The van der Waals surface area contributed by atoms with E-state index in [0.29, 0.717) is 47.5 Å². The van der Waals surface area contributed by atoms with Crippen LogP contribution in [-0.4, -0.2) is 63.6 Å². The Hall–Kier alpha value is -4.71. The number of nitrogens with one attached hydrogen (secondary N) is 3. The summed E-state index contributed by atoms with van der Waals surface area (Å²) in [7, 11) is 2.81. The van der Waals surface area contributed by atoms with E-state index >= 15 is 0 Å². The van der Waals surface area contributed by atoms with Gasteiger partial charge in [0.2, 0.25) is 0 Å². The van der Waals surface area contributed by atoms with Crippen LogP contribution in [0.4, 0.5) is 4.79 Å². The molecule has 12 nitrogen and oxygen atoms in total. The van der Waals surface area contributed by atoms with Gasteiger partial charge in [-0.3, -0.25) is 5.43 Å². The van der Waals surface area contributed by atoms with Gasteiger partial charge in [-0.05, 0) is 55.3 Å². The fourth-order valence-electron chi connectivity index (χ4n) is 3.85. The van der Waals surface area contributed by atoms with E-state index in [4.69, 9.17) is 23.7 Å². The van der Waals surface area contributed by atoms with Gasteiger partial charge in [-0.25, -0.2) is 9.59 Å². The molecule has 0 saturated carbocycles. The van der Waals surface area contributed by atoms with Crippen LogP contribution >= 0.6 is 0 Å². The van der Waals surface area contributed by atoms with Crippen LogP contribution in [-0.2, 0) is 9.53 Å². The number of urea groups is 1. The van der Waals surface area contributed by atoms with Gasteiger partial charge in [0.25, 0.3) is 0 Å². The number of aliphatic hydroxyl groups is 1. The molecule has 1 aliphatic rings. The predicted molar refractivity (Wildman–Crippen MR) is 148 cm³/mol. The number of methoxy groups -OCH3 is 2. The van der Waals surface area contributed by atoms with Crippen molar-refractivity contribution in [1.82, 2.24) is 16.1 Å². The highest BCUT2D eigenvalue weighted by atomic mass is 16.5. The van der Waals surface area contributed by atoms with Crippen molar-refractivity contribution in [1.29, 1.82) is 0 Å². The zero-order valence-corrected chi connectivity index (χ0v) is 22.9. The number of hydrogen-bond donors (Lipinski definition) is 4. The average molecular weight is 555 g/mol. The summed E-state index contributed by atoms with van der Waals surface area (Å²) in [6, 6.07) is 9.08. The van der Waals surface area contributed by atoms with Crippen LogP contribution in [0.2, 0.25) is 0 Å². The standard InChI is InChI=1S/C28H34N4O8/c1-6-12-39-20-10-8-18(13-22(20)36-4)15-29-32-24(33)16-40-21-11-9-19(14-23(21)38-7-2)26-25(27(34)37-5)17(3)30-28(35)31-26/h6,8-11,13-15,24,26,32-33H,1,7,12,16H2,2-5H3,(H2,30,31,35)/b29-15-/t24-,26+/m0/s1. The zero-order valence-electron chi connectivity index (χ0n) is 22.9. The maximum Gasteiger partial charge on any atom is 0.337 e. The number of carbonyl (C=O) groups is 2. The quantitative estimate of drug-likeness (QED) is 0.0909. The Bertz CT molecular complexity index is 1280. The minimum Gasteiger partial charge on any atom is -0.493 e. The lowest BCUT2D eigenvalue weighted by atomic mass is 9.95. The Morgan fingerprint density at radius 1 is 1.12 bits per heavy atom. The number of hydrogen-bond acceptors (Lipinski definition) is 10. The van der Waals surface area contributed by atoms with Crippen LogP contribution in [0.1, 0.15) is 31.0 Å². The van der Waals surface area contributed by atoms with Crippen molar-refractivity contribution < 1.29 is 38.4 Å². The van der Waals surface area contributed by atoms with E-state index in [2.05, 4.69) is 27.7 Å². The Balaban J connectivity index is 1.67. The lowest BCUT2D eigenvalue weighted by Crippen LogP contribution is -2.45. The van der Waals surface area contributed by atoms with E-state index in [1.54, 1.807) is 49.4 Å². The predicted octanol–water partition coefficient (Wildman–Crippen LogP) is 2.78. The Labute approximate surface area is 232 Å². The van der Waals surface area contributed by atoms with E-state index < -0.39 is 24.3 Å². The minimum absolute atomic E-state index is 0.148. The third kappa shape index (κ3) is 7.67. The molecule has 0 saturated heterocycles. The van der Waals surface area contributed by atoms with E-state index in [-0.39, 0.29) is 12.2 Å². The Morgan fingerprint density at radius 2 is 1.88 bits per heavy atom. The molecule has 4 N–H and O–H groups in total. The zero-order chi connectivity index (χ0) is 29.1. The topological polar surface area (TPSA) is 149 Å². The maximum atomic E-state index is 12.4. The van der Waals surface area contributed by atoms with Crippen LogP contribution < -0.4 is 35.0 Å². The van der Waals surface area contributed by atoms with E-state index in [0.717, 1.165) is 5.56 Å². The second kappa shape index (κ2) is 14.4. The summed E-state index contributed by atoms with van der Waals surface area (Å²) in [5.74, 6) is 1.27. The fourth-order valence-corrected chi connectivity index (χ4v) is 3.85. The number of rotatable bonds is 14. The molecular formula is C28H34N4O8. The first-order chi connectivity index (χ1) is 19.3. The Kier molecular flexibility index (Phi) is 10.8. The van der Waals surface area contributed by atoms with Crippen molar-refractivity contribution in [2.24, 2.45) is 5.10 Å². The third-order valence-corrected chi connectivity index (χ3v) is 5.65. The molecule has 0 aliphatic carbocycles. The minimum atomic E-state index is -1.14. The summed E-state index contributed by atoms with van der Waals surface area (Å²) in [6.07, 6.45) is 2.02. The number of aliphatic hydroxyl groups excluding tert-OH is 1. The molecule has 0 bridgehead atoms. The molecule has 1 heterocycles. The molecule has 40 heavy (non-hydrogen) atoms. The normalized spacial score (nSPS) is 15.5. The van der Waals surface area contributed by atoms with Crippen LogP contribution in [0, 0.1) is 0 Å². The van der Waals surface area contributed by atoms with Crippen molar-refractivity contribution in [3.63, 3.8) is 0 Å². The van der Waals surface area contributed by atoms with Gasteiger partial charge >= 0.3 is 12.0 Å². The van der Waals surface area contributed by atoms with Gasteiger partial charge in [0.1, 0.15) is 13.2 Å². The number of allylic oxidation sites excluding steroid dienone is 1. The number of esters is 1. The van der Waals surface area contributed by atoms with Gasteiger partial charge in [0, 0.05) is 5.70 Å². The molecule has 0 radical (unpaired) electrons. The largest absolute Gasteiger partial charge is 0.493 e. The molecule has 0 aromatic heterocycles. The molecule has 0 fully saturated rings. The van der Waals surface area contributed by atoms with Gasteiger partial charge in [-0.1, -0.05) is 18.7 Å². The molecular weight excluding hydrogens is 520 g/mol. The maximum absolute atomic E-state index is 12.4. The van der Waals surface area contributed by atoms with Gasteiger partial charge in [0.05, 0.1) is 38.7 Å². The molecule has 0 spiro atoms. The lowest BCUT2D eigenvalue weighted by Gasteiger charge is -2.28. The molecule has 214 valence electrons. The summed E-state index contributed by atoms with van der Waals surface area (Å²) in [5, 5.41) is 19.7. The molecule has 2 atom stereocenters. The SMILES string of the molecule is C=CCOc1ccc(/C=N\N[C@@H](O)COc2ccc([C@H]3NC(=O)NC(C)=C3C(=O)OC)cc2OCC)cc1OC. The summed E-state index contributed by atoms with van der Waals surface area (Å²) in [4.78, 5) is 24.5. The van der Waals surface area contributed by atoms with Gasteiger partial charge in [-0.15, -0.1) is 0 Å².